The van der Waals surface area contributed by atoms with E-state index in [1.54, 1.807) is 6.92 Å². The smallest absolute Gasteiger partial charge is 0.219 e. The van der Waals surface area contributed by atoms with Gasteiger partial charge in [0, 0.05) is 74.3 Å². The number of thioether (sulfide) groups is 1. The molecule has 2 aliphatic heterocycles. The number of likely N-dealkylation sites (tertiary alicyclic amines) is 1. The van der Waals surface area contributed by atoms with Gasteiger partial charge >= 0.3 is 0 Å². The number of nitrogens with zero attached hydrogens (tertiary/aromatic N) is 3. The number of aromatic amines is 1. The van der Waals surface area contributed by atoms with Crippen molar-refractivity contribution >= 4 is 28.7 Å². The predicted molar refractivity (Wildman–Crippen MR) is 103 cm³/mol. The van der Waals surface area contributed by atoms with E-state index >= 15 is 0 Å². The summed E-state index contributed by atoms with van der Waals surface area (Å²) in [6.45, 7) is 6.69. The molecule has 134 valence electrons. The van der Waals surface area contributed by atoms with E-state index in [-0.39, 0.29) is 5.91 Å². The lowest BCUT2D eigenvalue weighted by Gasteiger charge is -2.33. The Morgan fingerprint density at radius 1 is 1.36 bits per heavy atom. The van der Waals surface area contributed by atoms with E-state index in [1.807, 2.05) is 28.9 Å². The maximum atomic E-state index is 11.8. The number of pyridine rings is 1. The molecule has 1 amide bonds. The van der Waals surface area contributed by atoms with Crippen LogP contribution in [0, 0.1) is 0 Å². The summed E-state index contributed by atoms with van der Waals surface area (Å²) in [5, 5.41) is 1.25. The summed E-state index contributed by atoms with van der Waals surface area (Å²) in [4.78, 5) is 24.5. The van der Waals surface area contributed by atoms with Crippen LogP contribution in [0.25, 0.3) is 11.0 Å². The lowest BCUT2D eigenvalue weighted by molar-refractivity contribution is -0.130. The number of carbonyl (C=O) groups is 1. The van der Waals surface area contributed by atoms with Crippen LogP contribution in [0.5, 0.6) is 0 Å². The molecule has 2 aromatic rings. The first-order valence-electron chi connectivity index (χ1n) is 9.23. The van der Waals surface area contributed by atoms with Gasteiger partial charge in [-0.25, -0.2) is 4.98 Å². The molecule has 6 heteroatoms. The SMILES string of the molecule is CC(=O)N1CCC[C@@H](c2[nH]c3ncccc3c2CN2CCSCC2)C1. The molecule has 0 spiro atoms. The van der Waals surface area contributed by atoms with Crippen LogP contribution in [0.2, 0.25) is 0 Å². The molecule has 4 heterocycles. The highest BCUT2D eigenvalue weighted by molar-refractivity contribution is 7.99. The number of nitrogens with one attached hydrogen (secondary N) is 1. The van der Waals surface area contributed by atoms with Gasteiger partial charge in [-0.2, -0.15) is 11.8 Å². The number of aromatic nitrogens is 2. The summed E-state index contributed by atoms with van der Waals surface area (Å²) in [5.74, 6) is 3.02. The Bertz CT molecular complexity index is 753. The van der Waals surface area contributed by atoms with Crippen LogP contribution >= 0.6 is 11.8 Å². The first-order chi connectivity index (χ1) is 12.2. The number of amides is 1. The summed E-state index contributed by atoms with van der Waals surface area (Å²) < 4.78 is 0. The van der Waals surface area contributed by atoms with E-state index in [2.05, 4.69) is 20.9 Å². The standard InChI is InChI=1S/C19H26N4OS/c1-14(24)23-7-3-4-15(12-23)18-17(13-22-8-10-25-11-9-22)16-5-2-6-20-19(16)21-18/h2,5-6,15H,3-4,7-13H2,1H3,(H,20,21)/t15-/m1/s1. The number of hydrogen-bond donors (Lipinski definition) is 1. The molecule has 0 aromatic carbocycles. The Balaban J connectivity index is 1.67. The Kier molecular flexibility index (Phi) is 4.99. The lowest BCUT2D eigenvalue weighted by Crippen LogP contribution is -2.38. The predicted octanol–water partition coefficient (Wildman–Crippen LogP) is 2.84. The van der Waals surface area contributed by atoms with Crippen LogP contribution in [0.15, 0.2) is 18.3 Å². The summed E-state index contributed by atoms with van der Waals surface area (Å²) in [6.07, 6.45) is 4.07. The Labute approximate surface area is 153 Å². The molecule has 2 fully saturated rings. The number of carbonyl (C=O) groups excluding carboxylic acids is 1. The summed E-state index contributed by atoms with van der Waals surface area (Å²) in [5.41, 5.74) is 3.68. The highest BCUT2D eigenvalue weighted by Crippen LogP contribution is 2.33. The van der Waals surface area contributed by atoms with Crippen LogP contribution in [-0.2, 0) is 11.3 Å². The van der Waals surface area contributed by atoms with Crippen molar-refractivity contribution in [2.45, 2.75) is 32.2 Å². The van der Waals surface area contributed by atoms with Crippen molar-refractivity contribution in [3.8, 4) is 0 Å². The monoisotopic (exact) mass is 358 g/mol. The fraction of sp³-hybridized carbons (Fsp3) is 0.579. The van der Waals surface area contributed by atoms with Crippen LogP contribution in [0.3, 0.4) is 0 Å². The number of hydrogen-bond acceptors (Lipinski definition) is 4. The zero-order valence-corrected chi connectivity index (χ0v) is 15.6. The molecule has 25 heavy (non-hydrogen) atoms. The molecule has 1 atom stereocenters. The van der Waals surface area contributed by atoms with Crippen molar-refractivity contribution in [1.82, 2.24) is 19.8 Å². The molecule has 0 bridgehead atoms. The third-order valence-electron chi connectivity index (χ3n) is 5.47. The summed E-state index contributed by atoms with van der Waals surface area (Å²) in [6, 6.07) is 4.21. The van der Waals surface area contributed by atoms with E-state index in [0.717, 1.165) is 51.2 Å². The highest BCUT2D eigenvalue weighted by atomic mass is 32.2. The van der Waals surface area contributed by atoms with Gasteiger partial charge in [0.1, 0.15) is 5.65 Å². The van der Waals surface area contributed by atoms with E-state index in [9.17, 15) is 4.79 Å². The molecule has 2 aromatic heterocycles. The number of fused-ring (bicyclic) bond motifs is 1. The molecule has 0 aliphatic carbocycles. The third kappa shape index (κ3) is 3.55. The average molecular weight is 359 g/mol. The second kappa shape index (κ2) is 7.38. The molecule has 4 rings (SSSR count). The van der Waals surface area contributed by atoms with Gasteiger partial charge in [-0.05, 0) is 30.5 Å². The first kappa shape index (κ1) is 16.9. The number of piperidine rings is 1. The number of rotatable bonds is 3. The summed E-state index contributed by atoms with van der Waals surface area (Å²) in [7, 11) is 0. The number of H-pyrrole nitrogens is 1. The highest BCUT2D eigenvalue weighted by Gasteiger charge is 2.28. The average Bonchev–Trinajstić information content (AvgIpc) is 3.01. The van der Waals surface area contributed by atoms with Gasteiger partial charge in [0.15, 0.2) is 0 Å². The van der Waals surface area contributed by atoms with Gasteiger partial charge in [-0.3, -0.25) is 9.69 Å². The van der Waals surface area contributed by atoms with Gasteiger partial charge in [0.05, 0.1) is 0 Å². The fourth-order valence-electron chi connectivity index (χ4n) is 4.10. The zero-order chi connectivity index (χ0) is 17.2. The molecular formula is C19H26N4OS. The molecular weight excluding hydrogens is 332 g/mol. The van der Waals surface area contributed by atoms with Crippen molar-refractivity contribution in [3.63, 3.8) is 0 Å². The molecule has 2 saturated heterocycles. The van der Waals surface area contributed by atoms with Gasteiger partial charge in [0.25, 0.3) is 0 Å². The minimum atomic E-state index is 0.188. The Morgan fingerprint density at radius 3 is 3.00 bits per heavy atom. The van der Waals surface area contributed by atoms with E-state index in [0.29, 0.717) is 5.92 Å². The van der Waals surface area contributed by atoms with Crippen molar-refractivity contribution in [2.75, 3.05) is 37.7 Å². The van der Waals surface area contributed by atoms with Crippen molar-refractivity contribution in [3.05, 3.63) is 29.6 Å². The van der Waals surface area contributed by atoms with E-state index in [4.69, 9.17) is 0 Å². The van der Waals surface area contributed by atoms with Crippen LogP contribution < -0.4 is 0 Å². The third-order valence-corrected chi connectivity index (χ3v) is 6.41. The van der Waals surface area contributed by atoms with E-state index < -0.39 is 0 Å². The van der Waals surface area contributed by atoms with Gasteiger partial charge in [0.2, 0.25) is 5.91 Å². The fourth-order valence-corrected chi connectivity index (χ4v) is 5.08. The normalized spacial score (nSPS) is 22.4. The zero-order valence-electron chi connectivity index (χ0n) is 14.8. The minimum absolute atomic E-state index is 0.188. The largest absolute Gasteiger partial charge is 0.343 e. The van der Waals surface area contributed by atoms with Crippen LogP contribution in [0.1, 0.15) is 36.9 Å². The minimum Gasteiger partial charge on any atom is -0.343 e. The summed E-state index contributed by atoms with van der Waals surface area (Å²) >= 11 is 2.04. The van der Waals surface area contributed by atoms with Gasteiger partial charge in [-0.15, -0.1) is 0 Å². The maximum absolute atomic E-state index is 11.8. The second-order valence-corrected chi connectivity index (χ2v) is 8.33. The lowest BCUT2D eigenvalue weighted by atomic mass is 9.91. The molecule has 0 radical (unpaired) electrons. The molecule has 2 aliphatic rings. The quantitative estimate of drug-likeness (QED) is 0.917. The Hall–Kier alpha value is -1.53. The van der Waals surface area contributed by atoms with Gasteiger partial charge < -0.3 is 9.88 Å². The first-order valence-corrected chi connectivity index (χ1v) is 10.4. The van der Waals surface area contributed by atoms with Crippen LogP contribution in [-0.4, -0.2) is 63.4 Å². The van der Waals surface area contributed by atoms with Crippen molar-refractivity contribution < 1.29 is 4.79 Å². The molecule has 5 nitrogen and oxygen atoms in total. The second-order valence-electron chi connectivity index (χ2n) is 7.11. The van der Waals surface area contributed by atoms with Gasteiger partial charge in [-0.1, -0.05) is 0 Å². The van der Waals surface area contributed by atoms with Crippen molar-refractivity contribution in [2.24, 2.45) is 0 Å². The maximum Gasteiger partial charge on any atom is 0.219 e. The topological polar surface area (TPSA) is 52.2 Å². The van der Waals surface area contributed by atoms with Crippen LogP contribution in [0.4, 0.5) is 0 Å². The van der Waals surface area contributed by atoms with E-state index in [1.165, 1.54) is 28.1 Å². The molecule has 1 N–H and O–H groups in total. The molecule has 0 unspecified atom stereocenters. The van der Waals surface area contributed by atoms with Crippen molar-refractivity contribution in [1.29, 1.82) is 0 Å². The molecule has 0 saturated carbocycles. The Morgan fingerprint density at radius 2 is 2.20 bits per heavy atom.